The second-order valence-electron chi connectivity index (χ2n) is 7.66. The van der Waals surface area contributed by atoms with Crippen molar-refractivity contribution in [1.29, 1.82) is 0 Å². The van der Waals surface area contributed by atoms with E-state index in [-0.39, 0.29) is 18.3 Å². The third-order valence-corrected chi connectivity index (χ3v) is 5.78. The van der Waals surface area contributed by atoms with Gasteiger partial charge in [0.05, 0.1) is 12.2 Å². The summed E-state index contributed by atoms with van der Waals surface area (Å²) in [6, 6.07) is 5.93. The highest BCUT2D eigenvalue weighted by Gasteiger charge is 2.50. The topological polar surface area (TPSA) is 69.7 Å². The van der Waals surface area contributed by atoms with Crippen LogP contribution in [0, 0.1) is 25.2 Å². The molecule has 0 amide bonds. The van der Waals surface area contributed by atoms with Crippen molar-refractivity contribution in [2.45, 2.75) is 52.9 Å². The lowest BCUT2D eigenvalue weighted by molar-refractivity contribution is -0.115. The maximum absolute atomic E-state index is 13.1. The average Bonchev–Trinajstić information content (AvgIpc) is 2.89. The zero-order valence-corrected chi connectivity index (χ0v) is 16.2. The molecule has 1 fully saturated rings. The second kappa shape index (κ2) is 7.67. The van der Waals surface area contributed by atoms with Gasteiger partial charge in [-0.15, -0.1) is 0 Å². The third-order valence-electron chi connectivity index (χ3n) is 5.78. The van der Waals surface area contributed by atoms with Gasteiger partial charge in [-0.05, 0) is 57.6 Å². The van der Waals surface area contributed by atoms with Crippen LogP contribution in [-0.2, 0) is 19.1 Å². The number of aryl methyl sites for hydroxylation is 2. The van der Waals surface area contributed by atoms with Crippen molar-refractivity contribution < 1.29 is 23.9 Å². The van der Waals surface area contributed by atoms with Crippen LogP contribution in [0.15, 0.2) is 24.0 Å². The Kier molecular flexibility index (Phi) is 5.49. The molecule has 0 atom stereocenters. The summed E-state index contributed by atoms with van der Waals surface area (Å²) in [6.07, 6.45) is 3.25. The van der Waals surface area contributed by atoms with Gasteiger partial charge in [0.15, 0.2) is 5.78 Å². The quantitative estimate of drug-likeness (QED) is 0.575. The summed E-state index contributed by atoms with van der Waals surface area (Å²) in [4.78, 5) is 36.3. The Morgan fingerprint density at radius 1 is 1.26 bits per heavy atom. The van der Waals surface area contributed by atoms with Gasteiger partial charge in [0, 0.05) is 17.8 Å². The monoisotopic (exact) mass is 370 g/mol. The molecule has 144 valence electrons. The van der Waals surface area contributed by atoms with Crippen LogP contribution in [0.25, 0.3) is 5.57 Å². The fraction of sp³-hybridized carbons (Fsp3) is 0.500. The lowest BCUT2D eigenvalue weighted by atomic mass is 9.69. The van der Waals surface area contributed by atoms with Gasteiger partial charge in [-0.25, -0.2) is 4.79 Å². The van der Waals surface area contributed by atoms with Crippen molar-refractivity contribution in [2.24, 2.45) is 11.3 Å². The zero-order chi connectivity index (χ0) is 19.6. The minimum absolute atomic E-state index is 0.00690. The van der Waals surface area contributed by atoms with Gasteiger partial charge in [0.25, 0.3) is 0 Å². The number of aldehydes is 1. The van der Waals surface area contributed by atoms with Gasteiger partial charge < -0.3 is 14.3 Å². The smallest absolute Gasteiger partial charge is 0.434 e. The first-order valence-corrected chi connectivity index (χ1v) is 9.55. The van der Waals surface area contributed by atoms with E-state index in [0.717, 1.165) is 23.0 Å². The van der Waals surface area contributed by atoms with E-state index in [9.17, 15) is 14.4 Å². The molecule has 2 aliphatic rings. The maximum Gasteiger partial charge on any atom is 0.513 e. The number of hydrogen-bond acceptors (Lipinski definition) is 5. The summed E-state index contributed by atoms with van der Waals surface area (Å²) in [7, 11) is 0. The van der Waals surface area contributed by atoms with E-state index in [0.29, 0.717) is 43.4 Å². The second-order valence-corrected chi connectivity index (χ2v) is 7.66. The van der Waals surface area contributed by atoms with Crippen LogP contribution in [0.2, 0.25) is 0 Å². The molecule has 2 aliphatic carbocycles. The number of ketones is 1. The van der Waals surface area contributed by atoms with Gasteiger partial charge >= 0.3 is 6.16 Å². The van der Waals surface area contributed by atoms with E-state index in [4.69, 9.17) is 9.47 Å². The van der Waals surface area contributed by atoms with Crippen molar-refractivity contribution in [1.82, 2.24) is 0 Å². The summed E-state index contributed by atoms with van der Waals surface area (Å²) in [5.74, 6) is 0.441. The summed E-state index contributed by atoms with van der Waals surface area (Å²) in [6.45, 7) is 5.84. The van der Waals surface area contributed by atoms with Gasteiger partial charge in [0.1, 0.15) is 12.0 Å². The number of carbonyl (C=O) groups excluding carboxylic acids is 3. The lowest BCUT2D eigenvalue weighted by Gasteiger charge is -2.36. The molecule has 1 spiro atoms. The molecule has 0 aliphatic heterocycles. The van der Waals surface area contributed by atoms with Crippen molar-refractivity contribution >= 4 is 23.8 Å². The van der Waals surface area contributed by atoms with Gasteiger partial charge in [-0.1, -0.05) is 23.8 Å². The van der Waals surface area contributed by atoms with Gasteiger partial charge in [-0.2, -0.15) is 0 Å². The predicted molar refractivity (Wildman–Crippen MR) is 101 cm³/mol. The van der Waals surface area contributed by atoms with Crippen molar-refractivity contribution in [3.8, 4) is 0 Å². The van der Waals surface area contributed by atoms with Crippen LogP contribution in [0.5, 0.6) is 0 Å². The first-order chi connectivity index (χ1) is 12.9. The Bertz CT molecular complexity index is 797. The van der Waals surface area contributed by atoms with E-state index < -0.39 is 11.6 Å². The fourth-order valence-corrected chi connectivity index (χ4v) is 4.27. The Labute approximate surface area is 159 Å². The molecule has 1 saturated carbocycles. The van der Waals surface area contributed by atoms with Crippen LogP contribution in [0.1, 0.15) is 55.7 Å². The Balaban J connectivity index is 2.09. The van der Waals surface area contributed by atoms with Crippen molar-refractivity contribution in [3.05, 3.63) is 40.6 Å². The molecule has 3 rings (SSSR count). The standard InChI is InChI=1S/C22H26O5/c1-4-26-21(25)27-20-19(17-11-14(2)5-6-15(17)3)18(24)12-22(20)9-7-16(13-23)8-10-22/h5-6,11,13,16H,4,7-10,12H2,1-3H3. The lowest BCUT2D eigenvalue weighted by Crippen LogP contribution is -2.30. The van der Waals surface area contributed by atoms with E-state index >= 15 is 0 Å². The van der Waals surface area contributed by atoms with Crippen LogP contribution in [0.3, 0.4) is 0 Å². The van der Waals surface area contributed by atoms with Crippen LogP contribution >= 0.6 is 0 Å². The molecule has 27 heavy (non-hydrogen) atoms. The highest BCUT2D eigenvalue weighted by molar-refractivity contribution is 6.24. The average molecular weight is 370 g/mol. The minimum atomic E-state index is -0.776. The first kappa shape index (κ1) is 19.3. The summed E-state index contributed by atoms with van der Waals surface area (Å²) in [5, 5.41) is 0. The third kappa shape index (κ3) is 3.68. The van der Waals surface area contributed by atoms with Gasteiger partial charge in [0.2, 0.25) is 0 Å². The van der Waals surface area contributed by atoms with Crippen LogP contribution in [0.4, 0.5) is 4.79 Å². The summed E-state index contributed by atoms with van der Waals surface area (Å²) in [5.41, 5.74) is 2.79. The molecule has 0 unspecified atom stereocenters. The Morgan fingerprint density at radius 3 is 2.59 bits per heavy atom. The minimum Gasteiger partial charge on any atom is -0.434 e. The highest BCUT2D eigenvalue weighted by Crippen LogP contribution is 2.54. The molecule has 0 heterocycles. The number of ether oxygens (including phenoxy) is 2. The summed E-state index contributed by atoms with van der Waals surface area (Å²) < 4.78 is 10.6. The number of benzene rings is 1. The number of carbonyl (C=O) groups is 3. The number of allylic oxidation sites excluding steroid dienone is 2. The van der Waals surface area contributed by atoms with E-state index in [1.165, 1.54) is 0 Å². The van der Waals surface area contributed by atoms with Crippen molar-refractivity contribution in [2.75, 3.05) is 6.61 Å². The fourth-order valence-electron chi connectivity index (χ4n) is 4.27. The first-order valence-electron chi connectivity index (χ1n) is 9.55. The molecule has 0 N–H and O–H groups in total. The summed E-state index contributed by atoms with van der Waals surface area (Å²) >= 11 is 0. The predicted octanol–water partition coefficient (Wildman–Crippen LogP) is 4.54. The zero-order valence-electron chi connectivity index (χ0n) is 16.2. The Hall–Kier alpha value is -2.43. The largest absolute Gasteiger partial charge is 0.513 e. The number of rotatable bonds is 4. The van der Waals surface area contributed by atoms with E-state index in [1.807, 2.05) is 32.0 Å². The van der Waals surface area contributed by atoms with Crippen LogP contribution < -0.4 is 0 Å². The highest BCUT2D eigenvalue weighted by atomic mass is 16.7. The molecule has 0 radical (unpaired) electrons. The SMILES string of the molecule is CCOC(=O)OC1=C(c2cc(C)ccc2C)C(=O)CC12CCC(C=O)CC2. The molecule has 5 heteroatoms. The molecule has 0 aromatic heterocycles. The van der Waals surface area contributed by atoms with Crippen LogP contribution in [-0.4, -0.2) is 24.8 Å². The molecular formula is C22H26O5. The molecule has 1 aromatic carbocycles. The molecule has 0 bridgehead atoms. The maximum atomic E-state index is 13.1. The van der Waals surface area contributed by atoms with E-state index in [2.05, 4.69) is 0 Å². The van der Waals surface area contributed by atoms with E-state index in [1.54, 1.807) is 6.92 Å². The molecule has 0 saturated heterocycles. The molecule has 5 nitrogen and oxygen atoms in total. The number of Topliss-reactive ketones (excluding diaryl/α,β-unsaturated/α-hetero) is 1. The number of hydrogen-bond donors (Lipinski definition) is 0. The normalized spacial score (nSPS) is 25.0. The molecule has 1 aromatic rings. The van der Waals surface area contributed by atoms with Gasteiger partial charge in [-0.3, -0.25) is 4.79 Å². The molecular weight excluding hydrogens is 344 g/mol. The van der Waals surface area contributed by atoms with Crippen molar-refractivity contribution in [3.63, 3.8) is 0 Å². The Morgan fingerprint density at radius 2 is 1.96 bits per heavy atom.